The Morgan fingerprint density at radius 2 is 1.82 bits per heavy atom. The lowest BCUT2D eigenvalue weighted by atomic mass is 9.81. The molecule has 0 N–H and O–H groups in total. The molecule has 1 aromatic carbocycles. The minimum absolute atomic E-state index is 0.0313. The van der Waals surface area contributed by atoms with Crippen LogP contribution in [-0.4, -0.2) is 60.2 Å². The summed E-state index contributed by atoms with van der Waals surface area (Å²) in [6, 6.07) is 7.11. The third kappa shape index (κ3) is 3.29. The Bertz CT molecular complexity index is 759. The van der Waals surface area contributed by atoms with Gasteiger partial charge >= 0.3 is 6.03 Å². The lowest BCUT2D eigenvalue weighted by Crippen LogP contribution is -2.43. The number of hydrogen-bond donors (Lipinski definition) is 0. The first kappa shape index (κ1) is 20.4. The largest absolute Gasteiger partial charge is 0.378 e. The van der Waals surface area contributed by atoms with Crippen molar-refractivity contribution in [1.82, 2.24) is 9.80 Å². The quantitative estimate of drug-likeness (QED) is 0.676. The third-order valence-electron chi connectivity index (χ3n) is 6.22. The molecule has 0 bridgehead atoms. The molecule has 6 heteroatoms. The highest BCUT2D eigenvalue weighted by Crippen LogP contribution is 2.44. The Labute approximate surface area is 167 Å². The van der Waals surface area contributed by atoms with Crippen LogP contribution in [0.4, 0.5) is 10.5 Å². The van der Waals surface area contributed by atoms with Gasteiger partial charge < -0.3 is 9.80 Å². The van der Waals surface area contributed by atoms with E-state index in [4.69, 9.17) is 0 Å². The number of rotatable bonds is 7. The Morgan fingerprint density at radius 1 is 1.18 bits per heavy atom. The first-order valence-electron chi connectivity index (χ1n) is 10.2. The predicted octanol–water partition coefficient (Wildman–Crippen LogP) is 3.27. The van der Waals surface area contributed by atoms with Crippen molar-refractivity contribution in [2.75, 3.05) is 25.5 Å². The van der Waals surface area contributed by atoms with Crippen LogP contribution in [0.5, 0.6) is 0 Å². The van der Waals surface area contributed by atoms with Gasteiger partial charge in [0.05, 0.1) is 0 Å². The minimum Gasteiger partial charge on any atom is -0.378 e. The van der Waals surface area contributed by atoms with Gasteiger partial charge in [-0.15, -0.1) is 0 Å². The van der Waals surface area contributed by atoms with Crippen LogP contribution in [0.3, 0.4) is 0 Å². The van der Waals surface area contributed by atoms with E-state index in [2.05, 4.69) is 6.92 Å². The fraction of sp³-hybridized carbons (Fsp3) is 0.591. The lowest BCUT2D eigenvalue weighted by Gasteiger charge is -2.27. The van der Waals surface area contributed by atoms with Crippen LogP contribution in [0.2, 0.25) is 0 Å². The standard InChI is InChI=1S/C22H31N3O3/c1-6-8-16(7-2)25-21(27)20-19(15-9-11-17(12-10-15)23(4)5)18(14(3)26)13-24(20)22(25)28/h9-12,16,18-20H,6-8,13H2,1-5H3. The molecule has 152 valence electrons. The molecule has 2 aliphatic rings. The number of ketones is 1. The molecular formula is C22H31N3O3. The second kappa shape index (κ2) is 7.94. The van der Waals surface area contributed by atoms with Gasteiger partial charge in [-0.05, 0) is 37.5 Å². The lowest BCUT2D eigenvalue weighted by molar-refractivity contribution is -0.130. The molecule has 3 rings (SSSR count). The van der Waals surface area contributed by atoms with Gasteiger partial charge in [0.15, 0.2) is 0 Å². The van der Waals surface area contributed by atoms with Gasteiger partial charge in [-0.3, -0.25) is 14.5 Å². The number of nitrogens with zero attached hydrogens (tertiary/aromatic N) is 3. The molecule has 0 saturated carbocycles. The van der Waals surface area contributed by atoms with Gasteiger partial charge in [0.1, 0.15) is 11.8 Å². The molecule has 0 aliphatic carbocycles. The van der Waals surface area contributed by atoms with Crippen LogP contribution >= 0.6 is 0 Å². The number of Topliss-reactive ketones (excluding diaryl/α,β-unsaturated/α-hetero) is 1. The van der Waals surface area contributed by atoms with E-state index in [1.165, 1.54) is 4.90 Å². The van der Waals surface area contributed by atoms with Crippen molar-refractivity contribution < 1.29 is 14.4 Å². The molecule has 2 aliphatic heterocycles. The number of amides is 3. The normalized spacial score (nSPS) is 25.2. The zero-order chi connectivity index (χ0) is 20.6. The van der Waals surface area contributed by atoms with Crippen molar-refractivity contribution in [2.24, 2.45) is 5.92 Å². The van der Waals surface area contributed by atoms with E-state index in [9.17, 15) is 14.4 Å². The second-order valence-corrected chi connectivity index (χ2v) is 8.17. The first-order valence-corrected chi connectivity index (χ1v) is 10.2. The van der Waals surface area contributed by atoms with Crippen LogP contribution in [0.25, 0.3) is 0 Å². The molecule has 0 aromatic heterocycles. The fourth-order valence-corrected chi connectivity index (χ4v) is 4.69. The molecule has 0 radical (unpaired) electrons. The van der Waals surface area contributed by atoms with Crippen LogP contribution < -0.4 is 4.90 Å². The number of anilines is 1. The summed E-state index contributed by atoms with van der Waals surface area (Å²) < 4.78 is 0. The number of hydrogen-bond acceptors (Lipinski definition) is 4. The highest BCUT2D eigenvalue weighted by atomic mass is 16.2. The SMILES string of the molecule is CCCC(CC)N1C(=O)C2C(c3ccc(N(C)C)cc3)C(C(C)=O)CN2C1=O. The zero-order valence-electron chi connectivity index (χ0n) is 17.5. The van der Waals surface area contributed by atoms with Crippen LogP contribution in [-0.2, 0) is 9.59 Å². The number of carbonyl (C=O) groups is 3. The average Bonchev–Trinajstić information content (AvgIpc) is 3.17. The zero-order valence-corrected chi connectivity index (χ0v) is 17.5. The summed E-state index contributed by atoms with van der Waals surface area (Å²) in [4.78, 5) is 43.9. The van der Waals surface area contributed by atoms with Crippen molar-refractivity contribution in [3.8, 4) is 0 Å². The monoisotopic (exact) mass is 385 g/mol. The van der Waals surface area contributed by atoms with Gasteiger partial charge in [-0.25, -0.2) is 4.79 Å². The van der Waals surface area contributed by atoms with E-state index in [-0.39, 0.29) is 35.6 Å². The number of imide groups is 1. The molecule has 6 nitrogen and oxygen atoms in total. The van der Waals surface area contributed by atoms with E-state index in [0.717, 1.165) is 30.5 Å². The van der Waals surface area contributed by atoms with E-state index < -0.39 is 6.04 Å². The summed E-state index contributed by atoms with van der Waals surface area (Å²) in [5, 5.41) is 0. The minimum atomic E-state index is -0.572. The molecule has 2 saturated heterocycles. The van der Waals surface area contributed by atoms with Crippen LogP contribution in [0, 0.1) is 5.92 Å². The summed E-state index contributed by atoms with van der Waals surface area (Å²) in [5.74, 6) is -0.731. The van der Waals surface area contributed by atoms with Crippen molar-refractivity contribution >= 4 is 23.4 Å². The average molecular weight is 386 g/mol. The van der Waals surface area contributed by atoms with E-state index in [1.54, 1.807) is 11.8 Å². The molecule has 4 atom stereocenters. The maximum absolute atomic E-state index is 13.3. The highest BCUT2D eigenvalue weighted by molar-refractivity contribution is 6.06. The molecule has 3 amide bonds. The van der Waals surface area contributed by atoms with Crippen molar-refractivity contribution in [2.45, 2.75) is 58.0 Å². The van der Waals surface area contributed by atoms with Gasteiger partial charge in [-0.1, -0.05) is 32.4 Å². The molecule has 2 fully saturated rings. The summed E-state index contributed by atoms with van der Waals surface area (Å²) >= 11 is 0. The van der Waals surface area contributed by atoms with Crippen molar-refractivity contribution in [1.29, 1.82) is 0 Å². The Hall–Kier alpha value is -2.37. The van der Waals surface area contributed by atoms with E-state index >= 15 is 0 Å². The molecular weight excluding hydrogens is 354 g/mol. The molecule has 0 spiro atoms. The van der Waals surface area contributed by atoms with Gasteiger partial charge in [0.2, 0.25) is 0 Å². The van der Waals surface area contributed by atoms with E-state index in [1.807, 2.05) is 50.2 Å². The Kier molecular flexibility index (Phi) is 5.77. The molecule has 4 unspecified atom stereocenters. The van der Waals surface area contributed by atoms with Gasteiger partial charge in [-0.2, -0.15) is 0 Å². The fourth-order valence-electron chi connectivity index (χ4n) is 4.69. The topological polar surface area (TPSA) is 60.9 Å². The smallest absolute Gasteiger partial charge is 0.327 e. The van der Waals surface area contributed by atoms with E-state index in [0.29, 0.717) is 6.54 Å². The van der Waals surface area contributed by atoms with Crippen LogP contribution in [0.1, 0.15) is 51.5 Å². The van der Waals surface area contributed by atoms with Gasteiger partial charge in [0, 0.05) is 44.2 Å². The molecule has 1 aromatic rings. The summed E-state index contributed by atoms with van der Waals surface area (Å²) in [6.45, 7) is 5.96. The number of fused-ring (bicyclic) bond motifs is 1. The van der Waals surface area contributed by atoms with Crippen LogP contribution in [0.15, 0.2) is 24.3 Å². The van der Waals surface area contributed by atoms with Gasteiger partial charge in [0.25, 0.3) is 5.91 Å². The number of urea groups is 1. The third-order valence-corrected chi connectivity index (χ3v) is 6.22. The Morgan fingerprint density at radius 3 is 2.32 bits per heavy atom. The van der Waals surface area contributed by atoms with Crippen molar-refractivity contribution in [3.63, 3.8) is 0 Å². The number of benzene rings is 1. The van der Waals surface area contributed by atoms with Crippen molar-refractivity contribution in [3.05, 3.63) is 29.8 Å². The Balaban J connectivity index is 1.97. The second-order valence-electron chi connectivity index (χ2n) is 8.17. The maximum atomic E-state index is 13.3. The summed E-state index contributed by atoms with van der Waals surface area (Å²) in [7, 11) is 3.95. The maximum Gasteiger partial charge on any atom is 0.327 e. The first-order chi connectivity index (χ1) is 13.3. The summed E-state index contributed by atoms with van der Waals surface area (Å²) in [6.07, 6.45) is 2.49. The highest BCUT2D eigenvalue weighted by Gasteiger charge is 2.58. The molecule has 2 heterocycles. The predicted molar refractivity (Wildman–Crippen MR) is 109 cm³/mol. The summed E-state index contributed by atoms with van der Waals surface area (Å²) in [5.41, 5.74) is 2.01. The molecule has 28 heavy (non-hydrogen) atoms. The number of carbonyl (C=O) groups excluding carboxylic acids is 3.